The van der Waals surface area contributed by atoms with E-state index in [9.17, 15) is 4.79 Å². The Morgan fingerprint density at radius 2 is 1.90 bits per heavy atom. The number of carbonyl (C=O) groups excluding carboxylic acids is 1. The van der Waals surface area contributed by atoms with E-state index in [2.05, 4.69) is 18.9 Å². The van der Waals surface area contributed by atoms with E-state index in [1.807, 2.05) is 49.0 Å². The fraction of sp³-hybridized carbons (Fsp3) is 0.444. The number of rotatable bonds is 6. The second-order valence-corrected chi connectivity index (χ2v) is 5.60. The van der Waals surface area contributed by atoms with Crippen LogP contribution in [0.1, 0.15) is 59.9 Å². The average molecular weight is 284 g/mol. The molecule has 1 aromatic carbocycles. The molecule has 0 saturated heterocycles. The first-order chi connectivity index (χ1) is 10.1. The number of hydrogen-bond donors (Lipinski definition) is 0. The lowest BCUT2D eigenvalue weighted by Crippen LogP contribution is -2.10. The molecule has 1 heterocycles. The van der Waals surface area contributed by atoms with Gasteiger partial charge in [-0.05, 0) is 43.9 Å². The highest BCUT2D eigenvalue weighted by Gasteiger charge is 2.14. The maximum absolute atomic E-state index is 12.5. The lowest BCUT2D eigenvalue weighted by molar-refractivity contribution is 0.0991. The lowest BCUT2D eigenvalue weighted by atomic mass is 9.98. The van der Waals surface area contributed by atoms with Gasteiger partial charge in [-0.25, -0.2) is 0 Å². The Kier molecular flexibility index (Phi) is 4.94. The molecule has 21 heavy (non-hydrogen) atoms. The molecule has 0 spiro atoms. The van der Waals surface area contributed by atoms with Crippen molar-refractivity contribution in [2.24, 2.45) is 0 Å². The van der Waals surface area contributed by atoms with Crippen LogP contribution >= 0.6 is 0 Å². The molecule has 1 aromatic heterocycles. The Hall–Kier alpha value is -1.90. The van der Waals surface area contributed by atoms with Crippen LogP contribution in [0.4, 0.5) is 0 Å². The lowest BCUT2D eigenvalue weighted by Gasteiger charge is -2.12. The van der Waals surface area contributed by atoms with Gasteiger partial charge in [-0.3, -0.25) is 9.48 Å². The minimum absolute atomic E-state index is 0.144. The van der Waals surface area contributed by atoms with Gasteiger partial charge in [0.1, 0.15) is 0 Å². The molecule has 0 saturated carbocycles. The first-order valence-electron chi connectivity index (χ1n) is 7.70. The van der Waals surface area contributed by atoms with Crippen molar-refractivity contribution in [3.8, 4) is 0 Å². The van der Waals surface area contributed by atoms with Crippen LogP contribution < -0.4 is 0 Å². The molecule has 2 rings (SSSR count). The molecule has 2 aromatic rings. The summed E-state index contributed by atoms with van der Waals surface area (Å²) in [4.78, 5) is 12.5. The summed E-state index contributed by atoms with van der Waals surface area (Å²) >= 11 is 0. The predicted octanol–water partition coefficient (Wildman–Crippen LogP) is 4.29. The van der Waals surface area contributed by atoms with Crippen molar-refractivity contribution in [1.82, 2.24) is 9.78 Å². The number of hydrogen-bond acceptors (Lipinski definition) is 2. The summed E-state index contributed by atoms with van der Waals surface area (Å²) in [5, 5.41) is 4.57. The van der Waals surface area contributed by atoms with Gasteiger partial charge < -0.3 is 0 Å². The molecular formula is C18H24N2O. The third-order valence-electron chi connectivity index (χ3n) is 4.23. The van der Waals surface area contributed by atoms with Gasteiger partial charge in [0, 0.05) is 11.8 Å². The van der Waals surface area contributed by atoms with E-state index in [-0.39, 0.29) is 5.78 Å². The maximum atomic E-state index is 12.5. The van der Waals surface area contributed by atoms with Gasteiger partial charge in [0.25, 0.3) is 0 Å². The second-order valence-electron chi connectivity index (χ2n) is 5.60. The van der Waals surface area contributed by atoms with Crippen molar-refractivity contribution < 1.29 is 4.79 Å². The highest BCUT2D eigenvalue weighted by atomic mass is 16.1. The van der Waals surface area contributed by atoms with E-state index in [4.69, 9.17) is 0 Å². The summed E-state index contributed by atoms with van der Waals surface area (Å²) in [7, 11) is 0. The topological polar surface area (TPSA) is 34.9 Å². The first kappa shape index (κ1) is 15.5. The molecule has 0 fully saturated rings. The Morgan fingerprint density at radius 1 is 1.19 bits per heavy atom. The molecule has 0 aliphatic rings. The summed E-state index contributed by atoms with van der Waals surface area (Å²) in [5.74, 6) is 0.144. The largest absolute Gasteiger partial charge is 0.294 e. The number of aromatic nitrogens is 2. The standard InChI is InChI=1S/C18H24N2O/c1-5-16(6-2)20-11-10-15(19-20)12-18(21)17-9-7-8-13(3)14(17)4/h7-11,16H,5-6,12H2,1-4H3. The van der Waals surface area contributed by atoms with E-state index in [1.54, 1.807) is 0 Å². The molecule has 0 atom stereocenters. The predicted molar refractivity (Wildman–Crippen MR) is 85.8 cm³/mol. The second kappa shape index (κ2) is 6.70. The van der Waals surface area contributed by atoms with Crippen molar-refractivity contribution >= 4 is 5.78 Å². The zero-order chi connectivity index (χ0) is 15.4. The minimum atomic E-state index is 0.144. The third kappa shape index (κ3) is 3.41. The van der Waals surface area contributed by atoms with Crippen molar-refractivity contribution in [3.05, 3.63) is 52.8 Å². The first-order valence-corrected chi connectivity index (χ1v) is 7.70. The Labute approximate surface area is 127 Å². The van der Waals surface area contributed by atoms with Crippen molar-refractivity contribution in [2.75, 3.05) is 0 Å². The zero-order valence-electron chi connectivity index (χ0n) is 13.4. The number of benzene rings is 1. The van der Waals surface area contributed by atoms with E-state index in [0.717, 1.165) is 35.2 Å². The van der Waals surface area contributed by atoms with Crippen LogP contribution in [0.25, 0.3) is 0 Å². The van der Waals surface area contributed by atoms with Crippen LogP contribution in [0.3, 0.4) is 0 Å². The number of Topliss-reactive ketones (excluding diaryl/α,β-unsaturated/α-hetero) is 1. The van der Waals surface area contributed by atoms with Crippen LogP contribution in [0, 0.1) is 13.8 Å². The Morgan fingerprint density at radius 3 is 2.57 bits per heavy atom. The maximum Gasteiger partial charge on any atom is 0.169 e. The molecule has 0 bridgehead atoms. The Balaban J connectivity index is 2.15. The molecule has 0 N–H and O–H groups in total. The third-order valence-corrected chi connectivity index (χ3v) is 4.23. The monoisotopic (exact) mass is 284 g/mol. The molecule has 3 nitrogen and oxygen atoms in total. The highest BCUT2D eigenvalue weighted by Crippen LogP contribution is 2.17. The molecule has 0 amide bonds. The van der Waals surface area contributed by atoms with E-state index >= 15 is 0 Å². The van der Waals surface area contributed by atoms with Crippen LogP contribution in [-0.4, -0.2) is 15.6 Å². The zero-order valence-corrected chi connectivity index (χ0v) is 13.4. The van der Waals surface area contributed by atoms with Crippen molar-refractivity contribution in [3.63, 3.8) is 0 Å². The summed E-state index contributed by atoms with van der Waals surface area (Å²) in [6.45, 7) is 8.37. The number of carbonyl (C=O) groups is 1. The average Bonchev–Trinajstić information content (AvgIpc) is 2.91. The van der Waals surface area contributed by atoms with Gasteiger partial charge in [-0.15, -0.1) is 0 Å². The summed E-state index contributed by atoms with van der Waals surface area (Å²) in [6.07, 6.45) is 4.48. The van der Waals surface area contributed by atoms with Gasteiger partial charge >= 0.3 is 0 Å². The molecule has 112 valence electrons. The molecule has 0 unspecified atom stereocenters. The fourth-order valence-electron chi connectivity index (χ4n) is 2.65. The van der Waals surface area contributed by atoms with Gasteiger partial charge in [-0.2, -0.15) is 5.10 Å². The molecular weight excluding hydrogens is 260 g/mol. The van der Waals surface area contributed by atoms with Crippen LogP contribution in [0.15, 0.2) is 30.5 Å². The van der Waals surface area contributed by atoms with Crippen LogP contribution in [0.2, 0.25) is 0 Å². The number of ketones is 1. The summed E-state index contributed by atoms with van der Waals surface area (Å²) in [5.41, 5.74) is 3.89. The Bertz CT molecular complexity index is 624. The normalized spacial score (nSPS) is 11.1. The summed E-state index contributed by atoms with van der Waals surface area (Å²) < 4.78 is 1.99. The van der Waals surface area contributed by atoms with Gasteiger partial charge in [0.15, 0.2) is 5.78 Å². The van der Waals surface area contributed by atoms with Crippen LogP contribution in [0.5, 0.6) is 0 Å². The summed E-state index contributed by atoms with van der Waals surface area (Å²) in [6, 6.07) is 8.27. The SMILES string of the molecule is CCC(CC)n1ccc(CC(=O)c2cccc(C)c2C)n1. The number of nitrogens with zero attached hydrogens (tertiary/aromatic N) is 2. The van der Waals surface area contributed by atoms with Gasteiger partial charge in [0.05, 0.1) is 18.2 Å². The van der Waals surface area contributed by atoms with E-state index in [0.29, 0.717) is 12.5 Å². The quantitative estimate of drug-likeness (QED) is 0.742. The highest BCUT2D eigenvalue weighted by molar-refractivity contribution is 5.98. The van der Waals surface area contributed by atoms with E-state index < -0.39 is 0 Å². The van der Waals surface area contributed by atoms with Crippen molar-refractivity contribution in [1.29, 1.82) is 0 Å². The van der Waals surface area contributed by atoms with Crippen LogP contribution in [-0.2, 0) is 6.42 Å². The number of aryl methyl sites for hydroxylation is 1. The van der Waals surface area contributed by atoms with Crippen molar-refractivity contribution in [2.45, 2.75) is 53.0 Å². The van der Waals surface area contributed by atoms with Gasteiger partial charge in [0.2, 0.25) is 0 Å². The fourth-order valence-corrected chi connectivity index (χ4v) is 2.65. The molecule has 0 aliphatic carbocycles. The molecule has 0 radical (unpaired) electrons. The minimum Gasteiger partial charge on any atom is -0.294 e. The molecule has 0 aliphatic heterocycles. The van der Waals surface area contributed by atoms with Gasteiger partial charge in [-0.1, -0.05) is 32.0 Å². The molecule has 3 heteroatoms. The smallest absolute Gasteiger partial charge is 0.169 e. The van der Waals surface area contributed by atoms with E-state index in [1.165, 1.54) is 0 Å².